The molecular weight excluding hydrogens is 174 g/mol. The Kier molecular flexibility index (Phi) is 1.66. The quantitative estimate of drug-likeness (QED) is 0.445. The van der Waals surface area contributed by atoms with Crippen molar-refractivity contribution in [3.05, 3.63) is 16.3 Å². The first-order chi connectivity index (χ1) is 6.18. The van der Waals surface area contributed by atoms with Gasteiger partial charge in [0.1, 0.15) is 6.20 Å². The average molecular weight is 183 g/mol. The highest BCUT2D eigenvalue weighted by Crippen LogP contribution is 2.27. The molecule has 1 aliphatic rings. The lowest BCUT2D eigenvalue weighted by atomic mass is 10.5. The molecule has 7 heteroatoms. The summed E-state index contributed by atoms with van der Waals surface area (Å²) in [5, 5.41) is 19.2. The van der Waals surface area contributed by atoms with Crippen LogP contribution in [0.5, 0.6) is 0 Å². The molecule has 0 bridgehead atoms. The Morgan fingerprint density at radius 2 is 2.54 bits per heavy atom. The molecule has 0 amide bonds. The van der Waals surface area contributed by atoms with Crippen molar-refractivity contribution in [2.24, 2.45) is 5.73 Å². The fourth-order valence-electron chi connectivity index (χ4n) is 1.10. The second-order valence-electron chi connectivity index (χ2n) is 3.04. The number of nitro groups is 1. The van der Waals surface area contributed by atoms with E-state index in [4.69, 9.17) is 5.73 Å². The van der Waals surface area contributed by atoms with E-state index in [1.807, 2.05) is 0 Å². The average Bonchev–Trinajstić information content (AvgIpc) is 2.62. The number of hydrogen-bond acceptors (Lipinski definition) is 5. The Labute approximate surface area is 73.5 Å². The van der Waals surface area contributed by atoms with E-state index < -0.39 is 4.92 Å². The third kappa shape index (κ3) is 1.45. The fourth-order valence-corrected chi connectivity index (χ4v) is 1.10. The van der Waals surface area contributed by atoms with E-state index in [2.05, 4.69) is 15.5 Å². The Morgan fingerprint density at radius 1 is 1.85 bits per heavy atom. The molecule has 1 heterocycles. The van der Waals surface area contributed by atoms with Gasteiger partial charge in [-0.3, -0.25) is 0 Å². The van der Waals surface area contributed by atoms with Crippen LogP contribution in [0.15, 0.2) is 6.20 Å². The normalized spacial score (nSPS) is 25.6. The maximum Gasteiger partial charge on any atom is 0.366 e. The lowest BCUT2D eigenvalue weighted by Crippen LogP contribution is -2.13. The summed E-state index contributed by atoms with van der Waals surface area (Å²) in [6.45, 7) is 0. The van der Waals surface area contributed by atoms with Crippen molar-refractivity contribution in [2.45, 2.75) is 18.5 Å². The molecule has 70 valence electrons. The van der Waals surface area contributed by atoms with Gasteiger partial charge in [0.15, 0.2) is 5.69 Å². The molecule has 13 heavy (non-hydrogen) atoms. The monoisotopic (exact) mass is 183 g/mol. The summed E-state index contributed by atoms with van der Waals surface area (Å²) in [4.78, 5) is 9.92. The standard InChI is InChI=1S/C6H9N5O2/c7-3-1-4(3)9-5-2-8-10-6(5)11(12)13/h2-4,9H,1,7H2,(H,8,10). The van der Waals surface area contributed by atoms with E-state index in [-0.39, 0.29) is 17.9 Å². The molecule has 0 spiro atoms. The summed E-state index contributed by atoms with van der Waals surface area (Å²) in [5.74, 6) is -0.112. The number of nitrogens with two attached hydrogens (primary N) is 1. The Bertz CT molecular complexity index is 336. The molecule has 1 saturated carbocycles. The summed E-state index contributed by atoms with van der Waals surface area (Å²) in [6.07, 6.45) is 2.24. The number of anilines is 1. The number of aromatic nitrogens is 2. The van der Waals surface area contributed by atoms with Crippen LogP contribution in [0.25, 0.3) is 0 Å². The van der Waals surface area contributed by atoms with E-state index in [1.54, 1.807) is 0 Å². The number of H-pyrrole nitrogens is 1. The molecule has 1 aromatic heterocycles. The lowest BCUT2D eigenvalue weighted by molar-refractivity contribution is -0.388. The van der Waals surface area contributed by atoms with E-state index in [9.17, 15) is 10.1 Å². The molecule has 2 atom stereocenters. The van der Waals surface area contributed by atoms with Crippen LogP contribution < -0.4 is 11.1 Å². The van der Waals surface area contributed by atoms with Gasteiger partial charge in [0, 0.05) is 12.1 Å². The van der Waals surface area contributed by atoms with Crippen molar-refractivity contribution in [3.8, 4) is 0 Å². The highest BCUT2D eigenvalue weighted by Gasteiger charge is 2.35. The van der Waals surface area contributed by atoms with Crippen LogP contribution in [0.3, 0.4) is 0 Å². The van der Waals surface area contributed by atoms with Crippen molar-refractivity contribution in [3.63, 3.8) is 0 Å². The molecule has 1 fully saturated rings. The largest absolute Gasteiger partial charge is 0.372 e. The van der Waals surface area contributed by atoms with Gasteiger partial charge < -0.3 is 21.2 Å². The molecular formula is C6H9N5O2. The minimum Gasteiger partial charge on any atom is -0.372 e. The number of nitrogens with one attached hydrogen (secondary N) is 2. The van der Waals surface area contributed by atoms with Gasteiger partial charge in [-0.1, -0.05) is 5.10 Å². The predicted octanol–water partition coefficient (Wildman–Crippen LogP) is -0.171. The third-order valence-corrected chi connectivity index (χ3v) is 1.98. The van der Waals surface area contributed by atoms with Crippen LogP contribution in [-0.4, -0.2) is 27.2 Å². The van der Waals surface area contributed by atoms with Crippen LogP contribution in [0.4, 0.5) is 11.5 Å². The van der Waals surface area contributed by atoms with Crippen LogP contribution in [0, 0.1) is 10.1 Å². The maximum atomic E-state index is 10.4. The predicted molar refractivity (Wildman–Crippen MR) is 45.2 cm³/mol. The highest BCUT2D eigenvalue weighted by atomic mass is 16.6. The molecule has 7 nitrogen and oxygen atoms in total. The van der Waals surface area contributed by atoms with Gasteiger partial charge in [-0.05, 0) is 11.3 Å². The van der Waals surface area contributed by atoms with Gasteiger partial charge in [-0.25, -0.2) is 0 Å². The van der Waals surface area contributed by atoms with E-state index >= 15 is 0 Å². The molecule has 4 N–H and O–H groups in total. The summed E-state index contributed by atoms with van der Waals surface area (Å²) < 4.78 is 0. The third-order valence-electron chi connectivity index (χ3n) is 1.98. The van der Waals surface area contributed by atoms with Crippen LogP contribution in [0.1, 0.15) is 6.42 Å². The lowest BCUT2D eigenvalue weighted by Gasteiger charge is -1.99. The summed E-state index contributed by atoms with van der Waals surface area (Å²) in [6, 6.07) is 0.255. The number of hydrogen-bond donors (Lipinski definition) is 3. The van der Waals surface area contributed by atoms with Crippen LogP contribution in [0.2, 0.25) is 0 Å². The summed E-state index contributed by atoms with van der Waals surface area (Å²) in [7, 11) is 0. The Hall–Kier alpha value is -1.63. The molecule has 1 aromatic rings. The van der Waals surface area contributed by atoms with Crippen molar-refractivity contribution >= 4 is 11.5 Å². The molecule has 2 rings (SSSR count). The fraction of sp³-hybridized carbons (Fsp3) is 0.500. The van der Waals surface area contributed by atoms with Crippen molar-refractivity contribution in [2.75, 3.05) is 5.32 Å². The Morgan fingerprint density at radius 3 is 3.08 bits per heavy atom. The first-order valence-corrected chi connectivity index (χ1v) is 3.88. The van der Waals surface area contributed by atoms with Gasteiger partial charge in [-0.2, -0.15) is 0 Å². The second kappa shape index (κ2) is 2.70. The zero-order valence-electron chi connectivity index (χ0n) is 6.73. The molecule has 0 aromatic carbocycles. The van der Waals surface area contributed by atoms with Crippen LogP contribution >= 0.6 is 0 Å². The number of nitrogens with zero attached hydrogens (tertiary/aromatic N) is 2. The number of rotatable bonds is 3. The minimum absolute atomic E-state index is 0.106. The number of aromatic amines is 1. The van der Waals surface area contributed by atoms with Crippen LogP contribution in [-0.2, 0) is 0 Å². The molecule has 1 aliphatic carbocycles. The maximum absolute atomic E-state index is 10.4. The SMILES string of the molecule is NC1CC1Nc1cn[nH]c1[N+](=O)[O-]. The first kappa shape index (κ1) is 7.99. The van der Waals surface area contributed by atoms with E-state index in [0.717, 1.165) is 6.42 Å². The van der Waals surface area contributed by atoms with Gasteiger partial charge in [-0.15, -0.1) is 5.10 Å². The smallest absolute Gasteiger partial charge is 0.366 e. The summed E-state index contributed by atoms with van der Waals surface area (Å²) in [5.41, 5.74) is 5.95. The van der Waals surface area contributed by atoms with Crippen molar-refractivity contribution in [1.29, 1.82) is 0 Å². The molecule has 0 saturated heterocycles. The van der Waals surface area contributed by atoms with Crippen molar-refractivity contribution < 1.29 is 4.92 Å². The van der Waals surface area contributed by atoms with E-state index in [0.29, 0.717) is 5.69 Å². The second-order valence-corrected chi connectivity index (χ2v) is 3.04. The van der Waals surface area contributed by atoms with E-state index in [1.165, 1.54) is 6.20 Å². The zero-order valence-corrected chi connectivity index (χ0v) is 6.73. The molecule has 0 aliphatic heterocycles. The first-order valence-electron chi connectivity index (χ1n) is 3.88. The Balaban J connectivity index is 2.11. The topological polar surface area (TPSA) is 110 Å². The molecule has 2 unspecified atom stereocenters. The molecule has 0 radical (unpaired) electrons. The summed E-state index contributed by atoms with van der Waals surface area (Å²) >= 11 is 0. The van der Waals surface area contributed by atoms with Gasteiger partial charge in [0.05, 0.1) is 0 Å². The van der Waals surface area contributed by atoms with Crippen molar-refractivity contribution in [1.82, 2.24) is 10.2 Å². The van der Waals surface area contributed by atoms with Gasteiger partial charge in [0.2, 0.25) is 0 Å². The minimum atomic E-state index is -0.511. The van der Waals surface area contributed by atoms with Gasteiger partial charge >= 0.3 is 5.82 Å². The highest BCUT2D eigenvalue weighted by molar-refractivity contribution is 5.57. The van der Waals surface area contributed by atoms with Gasteiger partial charge in [0.25, 0.3) is 0 Å². The zero-order chi connectivity index (χ0) is 9.42.